The van der Waals surface area contributed by atoms with Gasteiger partial charge in [0.2, 0.25) is 23.6 Å². The van der Waals surface area contributed by atoms with E-state index < -0.39 is 63.6 Å². The number of anilines is 2. The average Bonchev–Trinajstić information content (AvgIpc) is 1.09. The molecule has 4 aliphatic carbocycles. The number of ketones is 4. The number of phenolic OH excluding ortho intramolecular Hbond substituents is 1. The van der Waals surface area contributed by atoms with E-state index in [4.69, 9.17) is 49.4 Å². The molecule has 1 aromatic heterocycles. The Morgan fingerprint density at radius 3 is 1.93 bits per heavy atom. The predicted molar refractivity (Wildman–Crippen MR) is 505 cm³/mol. The highest BCUT2D eigenvalue weighted by Crippen LogP contribution is 2.67. The summed E-state index contributed by atoms with van der Waals surface area (Å²) in [6, 6.07) is 31.5. The van der Waals surface area contributed by atoms with Crippen LogP contribution in [0.3, 0.4) is 0 Å². The van der Waals surface area contributed by atoms with Crippen molar-refractivity contribution < 1.29 is 90.9 Å². The Hall–Kier alpha value is -10.2. The maximum absolute atomic E-state index is 15.3. The zero-order valence-electron chi connectivity index (χ0n) is 79.2. The van der Waals surface area contributed by atoms with Gasteiger partial charge in [0.05, 0.1) is 135 Å². The van der Waals surface area contributed by atoms with Gasteiger partial charge < -0.3 is 91.3 Å². The minimum absolute atomic E-state index is 0.0123. The number of primary amides is 1. The molecule has 1 aliphatic heterocycles. The number of alkyl carbamates (subject to hydrolysis) is 1. The lowest BCUT2D eigenvalue weighted by atomic mass is 9.40. The molecular formula is C102H142N12O19. The summed E-state index contributed by atoms with van der Waals surface area (Å²) < 4.78 is 47.2. The summed E-state index contributed by atoms with van der Waals surface area (Å²) in [7, 11) is 1.88. The number of nitrogens with two attached hydrogens (primary N) is 2. The van der Waals surface area contributed by atoms with E-state index in [1.807, 2.05) is 73.8 Å². The van der Waals surface area contributed by atoms with Crippen molar-refractivity contribution in [1.82, 2.24) is 41.6 Å². The fraction of sp³-hybridized carbons (Fsp3) is 0.588. The van der Waals surface area contributed by atoms with E-state index in [2.05, 4.69) is 89.0 Å². The number of rotatable bonds is 55. The van der Waals surface area contributed by atoms with Crippen LogP contribution < -0.4 is 48.3 Å². The molecular weight excluding hydrogens is 1700 g/mol. The Labute approximate surface area is 782 Å². The lowest BCUT2D eigenvalue weighted by Crippen LogP contribution is -2.60. The zero-order valence-corrected chi connectivity index (χ0v) is 79.2. The molecule has 6 aromatic rings. The molecule has 5 aliphatic rings. The number of nitrogens with zero attached hydrogens (tertiary/aromatic N) is 4. The molecule has 0 radical (unpaired) electrons. The summed E-state index contributed by atoms with van der Waals surface area (Å²) in [6.45, 7) is 21.4. The van der Waals surface area contributed by atoms with Gasteiger partial charge in [0.25, 0.3) is 0 Å². The Kier molecular flexibility index (Phi) is 38.7. The van der Waals surface area contributed by atoms with Gasteiger partial charge in [-0.2, -0.15) is 0 Å². The molecule has 11 rings (SSSR count). The molecule has 11 N–H and O–H groups in total. The molecule has 31 nitrogen and oxygen atoms in total. The molecule has 2 fully saturated rings. The first-order valence-electron chi connectivity index (χ1n) is 47.8. The first-order valence-corrected chi connectivity index (χ1v) is 47.8. The number of unbranched alkanes of at least 4 members (excludes halogenated alkanes) is 1. The number of urea groups is 1. The number of benzene rings is 5. The fourth-order valence-corrected chi connectivity index (χ4v) is 20.8. The monoisotopic (exact) mass is 1840 g/mol. The van der Waals surface area contributed by atoms with Crippen LogP contribution in [-0.2, 0) is 126 Å². The van der Waals surface area contributed by atoms with E-state index in [9.17, 15) is 48.3 Å². The highest BCUT2D eigenvalue weighted by atomic mass is 16.6. The summed E-state index contributed by atoms with van der Waals surface area (Å²) >= 11 is 0. The number of ether oxygens (including phenoxy) is 8. The van der Waals surface area contributed by atoms with Gasteiger partial charge >= 0.3 is 12.1 Å². The average molecular weight is 1840 g/mol. The number of carbonyl (C=O) groups is 10. The Balaban J connectivity index is 0.561. The summed E-state index contributed by atoms with van der Waals surface area (Å²) in [5, 5.41) is 36.8. The van der Waals surface area contributed by atoms with Crippen LogP contribution in [0.25, 0.3) is 22.5 Å². The first-order chi connectivity index (χ1) is 64.0. The molecule has 133 heavy (non-hydrogen) atoms. The van der Waals surface area contributed by atoms with Gasteiger partial charge in [0.15, 0.2) is 11.6 Å². The Morgan fingerprint density at radius 2 is 1.23 bits per heavy atom. The van der Waals surface area contributed by atoms with Crippen molar-refractivity contribution in [3.05, 3.63) is 148 Å². The van der Waals surface area contributed by atoms with Crippen molar-refractivity contribution in [3.63, 3.8) is 0 Å². The van der Waals surface area contributed by atoms with E-state index in [1.165, 1.54) is 11.1 Å². The number of fused-ring (bicyclic) bond motifs is 11. The highest BCUT2D eigenvalue weighted by Gasteiger charge is 2.64. The molecule has 0 unspecified atom stereocenters. The van der Waals surface area contributed by atoms with Crippen LogP contribution in [0.2, 0.25) is 0 Å². The Morgan fingerprint density at radius 1 is 0.586 bits per heavy atom. The van der Waals surface area contributed by atoms with E-state index >= 15 is 4.79 Å². The summed E-state index contributed by atoms with van der Waals surface area (Å²) in [4.78, 5) is 140. The number of carbonyl (C=O) groups excluding carboxylic acids is 10. The molecule has 724 valence electrons. The van der Waals surface area contributed by atoms with Crippen LogP contribution in [0.5, 0.6) is 5.75 Å². The second-order valence-electron chi connectivity index (χ2n) is 37.6. The van der Waals surface area contributed by atoms with Gasteiger partial charge in [0.1, 0.15) is 29.6 Å². The molecule has 9 atom stereocenters. The number of para-hydroxylation sites is 1. The maximum Gasteiger partial charge on any atom is 0.408 e. The van der Waals surface area contributed by atoms with Crippen LogP contribution in [0.4, 0.5) is 21.0 Å². The van der Waals surface area contributed by atoms with E-state index in [-0.39, 0.29) is 182 Å². The van der Waals surface area contributed by atoms with Gasteiger partial charge in [-0.25, -0.2) is 14.3 Å². The van der Waals surface area contributed by atoms with Crippen LogP contribution in [0.15, 0.2) is 109 Å². The third kappa shape index (κ3) is 26.9. The number of hydrogen-bond acceptors (Lipinski definition) is 23. The third-order valence-electron chi connectivity index (χ3n) is 28.6. The lowest BCUT2D eigenvalue weighted by molar-refractivity contribution is -0.153. The van der Waals surface area contributed by atoms with Crippen molar-refractivity contribution in [3.8, 4) is 28.3 Å². The summed E-state index contributed by atoms with van der Waals surface area (Å²) in [6.07, 6.45) is 8.98. The second-order valence-corrected chi connectivity index (χ2v) is 37.6. The van der Waals surface area contributed by atoms with Crippen LogP contribution in [-0.4, -0.2) is 217 Å². The standard InChI is InChI=1S/C102H142N12O19/c1-69(2)92(110-90(121)37-48-126-52-56-130-60-61-132-58-54-128-50-46-106-89(120)34-35-91(122)113-67-75-18-9-10-20-78(75)93-94(79-21-11-12-23-83(79)113)114(112-111-93)47-51-129-55-59-131-57-53-127-49-45-105-8)85(117)64-74(19-15-44-107-96(104)124)95(123)108-76-30-25-70(26-31-76)68-133-97(125)109-82(22-13-14-43-103)84(116)63-71-24-27-73-36-42-102(7)100(5,81(73)62-71)40-17-41-101(102,6)88(119)66-87(118)99(4)39-16-38-98(3)80-65-77(115)32-28-72(80)29-33-86(98)99/h9-12,18,20-21,23-28,30-32,62,65,69,74,82,86,92,105,115H,13-17,19,22,29,33-61,63-64,66-68,103H2,1-8H3,(H,106,120)(H,108,123)(H,109,125)(H,110,121)(H3,104,107,124)/t74-,82+,86-,92+,98-,99+,100-,101-,102-/m1/s1. The normalized spacial score (nSPS) is 20.6. The quantitative estimate of drug-likeness (QED) is 0.0126. The molecule has 2 saturated carbocycles. The topological polar surface area (TPSA) is 423 Å². The van der Waals surface area contributed by atoms with Crippen LogP contribution in [0.1, 0.15) is 203 Å². The van der Waals surface area contributed by atoms with Gasteiger partial charge in [-0.15, -0.1) is 5.10 Å². The minimum atomic E-state index is -0.922. The number of aromatic hydroxyl groups is 1. The van der Waals surface area contributed by atoms with E-state index in [0.717, 1.165) is 103 Å². The number of Topliss-reactive ketones (excluding diaryl/α,β-unsaturated/α-hetero) is 4. The Bertz CT molecular complexity index is 4930. The number of phenols is 1. The molecule has 0 saturated heterocycles. The molecule has 31 heteroatoms. The molecule has 2 heterocycles. The number of aryl methyl sites for hydroxylation is 2. The van der Waals surface area contributed by atoms with Gasteiger partial charge in [-0.3, -0.25) is 38.4 Å². The number of aromatic nitrogens is 3. The third-order valence-corrected chi connectivity index (χ3v) is 28.6. The van der Waals surface area contributed by atoms with Crippen molar-refractivity contribution in [2.24, 2.45) is 45.5 Å². The number of amides is 7. The summed E-state index contributed by atoms with van der Waals surface area (Å²) in [5.41, 5.74) is 19.7. The minimum Gasteiger partial charge on any atom is -0.508 e. The van der Waals surface area contributed by atoms with Gasteiger partial charge in [0, 0.05) is 85.3 Å². The molecule has 5 aromatic carbocycles. The smallest absolute Gasteiger partial charge is 0.408 e. The van der Waals surface area contributed by atoms with Crippen molar-refractivity contribution in [2.75, 3.05) is 136 Å². The predicted octanol–water partition coefficient (Wildman–Crippen LogP) is 11.8. The van der Waals surface area contributed by atoms with Gasteiger partial charge in [-0.1, -0.05) is 145 Å². The zero-order chi connectivity index (χ0) is 95.1. The van der Waals surface area contributed by atoms with Gasteiger partial charge in [-0.05, 0) is 194 Å². The number of nitrogens with one attached hydrogen (secondary N) is 6. The van der Waals surface area contributed by atoms with Crippen molar-refractivity contribution >= 4 is 70.3 Å². The largest absolute Gasteiger partial charge is 0.508 e. The van der Waals surface area contributed by atoms with Crippen LogP contribution in [0, 0.1) is 34.0 Å². The van der Waals surface area contributed by atoms with Crippen LogP contribution >= 0.6 is 0 Å². The van der Waals surface area contributed by atoms with E-state index in [0.29, 0.717) is 107 Å². The number of likely N-dealkylation sites (N-methyl/N-ethyl adjacent to an activating group) is 1. The van der Waals surface area contributed by atoms with Crippen molar-refractivity contribution in [1.29, 1.82) is 0 Å². The fourth-order valence-electron chi connectivity index (χ4n) is 20.8. The number of hydrogen-bond donors (Lipinski definition) is 9. The first kappa shape index (κ1) is 103. The molecule has 0 bridgehead atoms. The SMILES string of the molecule is CNCCOCCOCCOCCn1nnc2c1-c1ccccc1N(C(=O)CCC(=O)NCCOCCOCCOCCOCCC(=O)N[C@H](C(=O)C[C@@H](CCCNC(N)=O)C(=O)Nc1ccc(COC(=O)N[C@@H](CCCCN)C(=O)Cc3ccc4c(c3)[C@@]3(C)CCC[C@](C)(C(=O)CC(=O)[C@@]5(C)CCC[C@]6(C)c7cc(O)ccc7CC[C@@H]56)[C@]3(C)CC4)cc1)C(C)C)Cc1ccccc1-2. The van der Waals surface area contributed by atoms with E-state index in [1.54, 1.807) is 53.8 Å². The molecule has 0 spiro atoms. The maximum atomic E-state index is 15.3. The summed E-state index contributed by atoms with van der Waals surface area (Å²) in [5.74, 6) is -2.80. The highest BCUT2D eigenvalue weighted by molar-refractivity contribution is 6.05. The van der Waals surface area contributed by atoms with Crippen molar-refractivity contribution in [2.45, 2.75) is 226 Å². The molecule has 7 amide bonds. The second kappa shape index (κ2) is 49.8. The lowest BCUT2D eigenvalue weighted by Gasteiger charge is -2.62.